The van der Waals surface area contributed by atoms with Crippen molar-refractivity contribution >= 4 is 0 Å². The van der Waals surface area contributed by atoms with Crippen LogP contribution in [0.2, 0.25) is 0 Å². The first-order valence-corrected chi connectivity index (χ1v) is 6.43. The lowest BCUT2D eigenvalue weighted by Gasteiger charge is -2.26. The van der Waals surface area contributed by atoms with E-state index in [2.05, 4.69) is 37.1 Å². The van der Waals surface area contributed by atoms with Crippen LogP contribution >= 0.6 is 0 Å². The lowest BCUT2D eigenvalue weighted by Crippen LogP contribution is -2.32. The van der Waals surface area contributed by atoms with E-state index in [0.29, 0.717) is 12.6 Å². The summed E-state index contributed by atoms with van der Waals surface area (Å²) in [6.07, 6.45) is 3.47. The van der Waals surface area contributed by atoms with E-state index in [4.69, 9.17) is 5.73 Å². The Morgan fingerprint density at radius 2 is 2.29 bits per heavy atom. The van der Waals surface area contributed by atoms with Gasteiger partial charge >= 0.3 is 0 Å². The number of aryl methyl sites for hydroxylation is 2. The normalized spacial score (nSPS) is 25.3. The Morgan fingerprint density at radius 3 is 2.71 bits per heavy atom. The van der Waals surface area contributed by atoms with Gasteiger partial charge in [-0.3, -0.25) is 9.58 Å². The van der Waals surface area contributed by atoms with Crippen molar-refractivity contribution in [2.75, 3.05) is 20.1 Å². The maximum absolute atomic E-state index is 5.94. The van der Waals surface area contributed by atoms with Gasteiger partial charge in [0, 0.05) is 31.9 Å². The number of hydrogen-bond donors (Lipinski definition) is 1. The molecule has 0 radical (unpaired) electrons. The van der Waals surface area contributed by atoms with E-state index in [0.717, 1.165) is 24.1 Å². The van der Waals surface area contributed by atoms with Crippen LogP contribution in [0, 0.1) is 18.8 Å². The number of rotatable bonds is 5. The Balaban J connectivity index is 2.07. The molecule has 4 nitrogen and oxygen atoms in total. The van der Waals surface area contributed by atoms with E-state index in [9.17, 15) is 0 Å². The zero-order chi connectivity index (χ0) is 12.6. The molecular formula is C13H24N4. The molecule has 3 unspecified atom stereocenters. The summed E-state index contributed by atoms with van der Waals surface area (Å²) in [6.45, 7) is 6.19. The van der Waals surface area contributed by atoms with Crippen LogP contribution in [0.3, 0.4) is 0 Å². The van der Waals surface area contributed by atoms with E-state index in [1.54, 1.807) is 0 Å². The van der Waals surface area contributed by atoms with Crippen molar-refractivity contribution in [1.29, 1.82) is 0 Å². The van der Waals surface area contributed by atoms with E-state index in [1.807, 2.05) is 11.7 Å². The molecule has 17 heavy (non-hydrogen) atoms. The van der Waals surface area contributed by atoms with Gasteiger partial charge in [0.2, 0.25) is 0 Å². The smallest absolute Gasteiger partial charge is 0.0641 e. The van der Waals surface area contributed by atoms with E-state index in [1.165, 1.54) is 12.0 Å². The molecule has 2 N–H and O–H groups in total. The van der Waals surface area contributed by atoms with E-state index in [-0.39, 0.29) is 0 Å². The SMILES string of the molecule is Cc1nn(C)cc1C(CN)N(C)CC1CC1C. The number of aromatic nitrogens is 2. The van der Waals surface area contributed by atoms with Crippen molar-refractivity contribution in [2.24, 2.45) is 24.6 Å². The highest BCUT2D eigenvalue weighted by molar-refractivity contribution is 5.20. The van der Waals surface area contributed by atoms with Gasteiger partial charge in [0.05, 0.1) is 11.7 Å². The predicted molar refractivity (Wildman–Crippen MR) is 69.6 cm³/mol. The van der Waals surface area contributed by atoms with Gasteiger partial charge < -0.3 is 5.73 Å². The van der Waals surface area contributed by atoms with Gasteiger partial charge in [0.25, 0.3) is 0 Å². The van der Waals surface area contributed by atoms with Gasteiger partial charge in [-0.1, -0.05) is 6.92 Å². The van der Waals surface area contributed by atoms with Crippen LogP contribution in [0.5, 0.6) is 0 Å². The molecule has 1 aliphatic carbocycles. The molecule has 0 spiro atoms. The lowest BCUT2D eigenvalue weighted by atomic mass is 10.1. The molecular weight excluding hydrogens is 212 g/mol. The molecule has 1 aromatic rings. The van der Waals surface area contributed by atoms with Crippen LogP contribution in [-0.2, 0) is 7.05 Å². The Kier molecular flexibility index (Phi) is 3.54. The second-order valence-electron chi connectivity index (χ2n) is 5.51. The van der Waals surface area contributed by atoms with Crippen LogP contribution in [-0.4, -0.2) is 34.8 Å². The van der Waals surface area contributed by atoms with Crippen molar-refractivity contribution < 1.29 is 0 Å². The predicted octanol–water partition coefficient (Wildman–Crippen LogP) is 1.32. The van der Waals surface area contributed by atoms with E-state index >= 15 is 0 Å². The zero-order valence-corrected chi connectivity index (χ0v) is 11.3. The fourth-order valence-electron chi connectivity index (χ4n) is 2.64. The summed E-state index contributed by atoms with van der Waals surface area (Å²) in [5.41, 5.74) is 8.30. The highest BCUT2D eigenvalue weighted by Crippen LogP contribution is 2.39. The molecule has 0 bridgehead atoms. The Bertz CT molecular complexity index is 385. The standard InChI is InChI=1S/C13H24N4/c1-9-5-11(9)7-16(3)13(6-14)12-8-17(4)15-10(12)2/h8-9,11,13H,5-7,14H2,1-4H3. The van der Waals surface area contributed by atoms with Gasteiger partial charge in [0.1, 0.15) is 0 Å². The summed E-state index contributed by atoms with van der Waals surface area (Å²) in [6, 6.07) is 0.302. The maximum atomic E-state index is 5.94. The van der Waals surface area contributed by atoms with Crippen LogP contribution < -0.4 is 5.73 Å². The maximum Gasteiger partial charge on any atom is 0.0641 e. The average Bonchev–Trinajstić information content (AvgIpc) is 2.82. The average molecular weight is 236 g/mol. The molecule has 0 aromatic carbocycles. The fourth-order valence-corrected chi connectivity index (χ4v) is 2.64. The Labute approximate surface area is 104 Å². The summed E-state index contributed by atoms with van der Waals surface area (Å²) in [7, 11) is 4.14. The van der Waals surface area contributed by atoms with Crippen LogP contribution in [0.15, 0.2) is 6.20 Å². The van der Waals surface area contributed by atoms with E-state index < -0.39 is 0 Å². The summed E-state index contributed by atoms with van der Waals surface area (Å²) < 4.78 is 1.88. The first-order chi connectivity index (χ1) is 8.02. The summed E-state index contributed by atoms with van der Waals surface area (Å²) in [4.78, 5) is 2.39. The molecule has 2 rings (SSSR count). The molecule has 1 aliphatic rings. The highest BCUT2D eigenvalue weighted by atomic mass is 15.3. The van der Waals surface area contributed by atoms with Gasteiger partial charge in [-0.15, -0.1) is 0 Å². The largest absolute Gasteiger partial charge is 0.329 e. The molecule has 4 heteroatoms. The fraction of sp³-hybridized carbons (Fsp3) is 0.769. The number of nitrogens with zero attached hydrogens (tertiary/aromatic N) is 3. The quantitative estimate of drug-likeness (QED) is 0.838. The van der Waals surface area contributed by atoms with Crippen molar-refractivity contribution in [3.63, 3.8) is 0 Å². The minimum atomic E-state index is 0.302. The van der Waals surface area contributed by atoms with Crippen molar-refractivity contribution in [1.82, 2.24) is 14.7 Å². The van der Waals surface area contributed by atoms with Crippen molar-refractivity contribution in [3.8, 4) is 0 Å². The topological polar surface area (TPSA) is 47.1 Å². The molecule has 96 valence electrons. The van der Waals surface area contributed by atoms with Crippen molar-refractivity contribution in [3.05, 3.63) is 17.5 Å². The number of hydrogen-bond acceptors (Lipinski definition) is 3. The molecule has 3 atom stereocenters. The molecule has 1 fully saturated rings. The third-order valence-corrected chi connectivity index (χ3v) is 3.96. The Morgan fingerprint density at radius 1 is 1.65 bits per heavy atom. The van der Waals surface area contributed by atoms with Crippen molar-refractivity contribution in [2.45, 2.75) is 26.3 Å². The highest BCUT2D eigenvalue weighted by Gasteiger charge is 2.34. The summed E-state index contributed by atoms with van der Waals surface area (Å²) in [5.74, 6) is 1.76. The minimum absolute atomic E-state index is 0.302. The molecule has 1 heterocycles. The second kappa shape index (κ2) is 4.78. The monoisotopic (exact) mass is 236 g/mol. The van der Waals surface area contributed by atoms with Gasteiger partial charge in [-0.2, -0.15) is 5.10 Å². The third kappa shape index (κ3) is 2.69. The van der Waals surface area contributed by atoms with Crippen LogP contribution in [0.1, 0.15) is 30.6 Å². The molecule has 1 aromatic heterocycles. The lowest BCUT2D eigenvalue weighted by molar-refractivity contribution is 0.236. The van der Waals surface area contributed by atoms with Gasteiger partial charge in [-0.25, -0.2) is 0 Å². The summed E-state index contributed by atoms with van der Waals surface area (Å²) >= 11 is 0. The van der Waals surface area contributed by atoms with Gasteiger partial charge in [-0.05, 0) is 32.2 Å². The first-order valence-electron chi connectivity index (χ1n) is 6.43. The molecule has 0 aliphatic heterocycles. The van der Waals surface area contributed by atoms with Crippen LogP contribution in [0.4, 0.5) is 0 Å². The molecule has 0 saturated heterocycles. The molecule has 0 amide bonds. The summed E-state index contributed by atoms with van der Waals surface area (Å²) in [5, 5.41) is 4.41. The second-order valence-corrected chi connectivity index (χ2v) is 5.51. The van der Waals surface area contributed by atoms with Crippen LogP contribution in [0.25, 0.3) is 0 Å². The van der Waals surface area contributed by atoms with Gasteiger partial charge in [0.15, 0.2) is 0 Å². The third-order valence-electron chi connectivity index (χ3n) is 3.96. The zero-order valence-electron chi connectivity index (χ0n) is 11.3. The number of likely N-dealkylation sites (N-methyl/N-ethyl adjacent to an activating group) is 1. The Hall–Kier alpha value is -0.870. The number of nitrogens with two attached hydrogens (primary N) is 1. The molecule has 1 saturated carbocycles. The minimum Gasteiger partial charge on any atom is -0.329 e. The first kappa shape index (κ1) is 12.6.